The molecule has 3 aromatic rings. The van der Waals surface area contributed by atoms with Crippen LogP contribution >= 0.6 is 11.6 Å². The molecule has 134 valence electrons. The number of benzene rings is 1. The minimum absolute atomic E-state index is 0.202. The van der Waals surface area contributed by atoms with Gasteiger partial charge >= 0.3 is 6.01 Å². The molecule has 1 aliphatic rings. The van der Waals surface area contributed by atoms with Crippen LogP contribution in [0, 0.1) is 0 Å². The fourth-order valence-corrected chi connectivity index (χ4v) is 2.52. The van der Waals surface area contributed by atoms with Crippen molar-refractivity contribution in [2.45, 2.75) is 0 Å². The Balaban J connectivity index is 1.42. The molecule has 10 heteroatoms. The molecule has 1 aliphatic heterocycles. The average Bonchev–Trinajstić information content (AvgIpc) is 3.26. The zero-order valence-corrected chi connectivity index (χ0v) is 14.2. The Morgan fingerprint density at radius 3 is 2.73 bits per heavy atom. The monoisotopic (exact) mass is 375 g/mol. The van der Waals surface area contributed by atoms with Crippen LogP contribution in [-0.2, 0) is 0 Å². The van der Waals surface area contributed by atoms with Crippen molar-refractivity contribution in [3.05, 3.63) is 35.6 Å². The van der Waals surface area contributed by atoms with Gasteiger partial charge in [0.15, 0.2) is 11.5 Å². The lowest BCUT2D eigenvalue weighted by atomic mass is 10.1. The summed E-state index contributed by atoms with van der Waals surface area (Å²) in [5.41, 5.74) is 7.44. The summed E-state index contributed by atoms with van der Waals surface area (Å²) in [6, 6.07) is 5.72. The van der Waals surface area contributed by atoms with Crippen LogP contribution in [0.4, 0.5) is 5.82 Å². The van der Waals surface area contributed by atoms with Crippen molar-refractivity contribution < 1.29 is 18.9 Å². The van der Waals surface area contributed by atoms with E-state index in [2.05, 4.69) is 20.2 Å². The van der Waals surface area contributed by atoms with E-state index >= 15 is 0 Å². The Morgan fingerprint density at radius 1 is 1.12 bits per heavy atom. The maximum absolute atomic E-state index is 5.99. The summed E-state index contributed by atoms with van der Waals surface area (Å²) in [4.78, 5) is 7.87. The van der Waals surface area contributed by atoms with E-state index in [0.29, 0.717) is 33.8 Å². The highest BCUT2D eigenvalue weighted by molar-refractivity contribution is 6.30. The molecular weight excluding hydrogens is 362 g/mol. The van der Waals surface area contributed by atoms with Gasteiger partial charge in [-0.05, 0) is 17.7 Å². The van der Waals surface area contributed by atoms with E-state index in [0.717, 1.165) is 5.56 Å². The van der Waals surface area contributed by atoms with Crippen molar-refractivity contribution in [2.24, 2.45) is 0 Å². The Kier molecular flexibility index (Phi) is 4.36. The van der Waals surface area contributed by atoms with E-state index < -0.39 is 0 Å². The van der Waals surface area contributed by atoms with Crippen LogP contribution in [-0.4, -0.2) is 40.2 Å². The second kappa shape index (κ2) is 6.96. The minimum atomic E-state index is 0.202. The van der Waals surface area contributed by atoms with Crippen LogP contribution in [0.5, 0.6) is 23.4 Å². The maximum Gasteiger partial charge on any atom is 0.316 e. The normalized spacial score (nSPS) is 12.2. The summed E-state index contributed by atoms with van der Waals surface area (Å²) in [5.74, 6) is 2.09. The van der Waals surface area contributed by atoms with Crippen molar-refractivity contribution in [2.75, 3.05) is 25.7 Å². The summed E-state index contributed by atoms with van der Waals surface area (Å²) in [7, 11) is 0. The molecule has 3 heterocycles. The fourth-order valence-electron chi connectivity index (χ4n) is 2.42. The number of rotatable bonds is 6. The van der Waals surface area contributed by atoms with Crippen LogP contribution in [0.3, 0.4) is 0 Å². The van der Waals surface area contributed by atoms with E-state index in [-0.39, 0.29) is 26.0 Å². The number of nitrogens with zero attached hydrogens (tertiary/aromatic N) is 3. The van der Waals surface area contributed by atoms with E-state index in [4.69, 9.17) is 36.3 Å². The molecule has 0 radical (unpaired) electrons. The number of nitrogen functional groups attached to an aromatic ring is 1. The molecule has 26 heavy (non-hydrogen) atoms. The summed E-state index contributed by atoms with van der Waals surface area (Å²) in [6.07, 6.45) is 2.91. The number of nitrogens with two attached hydrogens (primary N) is 1. The predicted octanol–water partition coefficient (Wildman–Crippen LogP) is 2.29. The zero-order chi connectivity index (χ0) is 17.9. The molecule has 1 aromatic carbocycles. The van der Waals surface area contributed by atoms with Gasteiger partial charge in [0.05, 0.1) is 23.0 Å². The summed E-state index contributed by atoms with van der Waals surface area (Å²) >= 11 is 5.72. The summed E-state index contributed by atoms with van der Waals surface area (Å²) < 4.78 is 21.8. The lowest BCUT2D eigenvalue weighted by molar-refractivity contribution is 0.174. The first-order chi connectivity index (χ1) is 12.7. The van der Waals surface area contributed by atoms with Crippen molar-refractivity contribution in [1.82, 2.24) is 20.2 Å². The molecule has 0 saturated carbocycles. The van der Waals surface area contributed by atoms with Crippen LogP contribution in [0.2, 0.25) is 5.02 Å². The molecule has 0 spiro atoms. The van der Waals surface area contributed by atoms with Gasteiger partial charge in [-0.15, -0.1) is 5.10 Å². The van der Waals surface area contributed by atoms with Crippen LogP contribution in [0.1, 0.15) is 0 Å². The van der Waals surface area contributed by atoms with E-state index in [1.165, 1.54) is 12.4 Å². The Hall–Kier alpha value is -3.20. The molecule has 0 aliphatic carbocycles. The van der Waals surface area contributed by atoms with Crippen molar-refractivity contribution >= 4 is 17.4 Å². The van der Waals surface area contributed by atoms with Gasteiger partial charge in [-0.3, -0.25) is 5.10 Å². The fraction of sp³-hybridized carbons (Fsp3) is 0.188. The minimum Gasteiger partial charge on any atom is -0.472 e. The first-order valence-electron chi connectivity index (χ1n) is 7.68. The van der Waals surface area contributed by atoms with Gasteiger partial charge < -0.3 is 24.7 Å². The standard InChI is InChI=1S/C16H14ClN5O4/c17-10-6-19-16(20-7-10)24-4-3-23-15-13(14(18)21-22-15)9-1-2-11-12(5-9)26-8-25-11/h1-2,5-7H,3-4,8H2,(H3,18,21,22). The lowest BCUT2D eigenvalue weighted by Gasteiger charge is -2.08. The molecule has 3 N–H and O–H groups in total. The number of aromatic nitrogens is 4. The molecule has 2 aromatic heterocycles. The van der Waals surface area contributed by atoms with Gasteiger partial charge in [0.1, 0.15) is 19.0 Å². The average molecular weight is 376 g/mol. The van der Waals surface area contributed by atoms with Crippen LogP contribution < -0.4 is 24.7 Å². The van der Waals surface area contributed by atoms with Gasteiger partial charge in [-0.1, -0.05) is 17.7 Å². The van der Waals surface area contributed by atoms with Gasteiger partial charge in [0.25, 0.3) is 0 Å². The second-order valence-electron chi connectivity index (χ2n) is 5.27. The van der Waals surface area contributed by atoms with Crippen molar-refractivity contribution in [3.8, 4) is 34.5 Å². The number of ether oxygens (including phenoxy) is 4. The van der Waals surface area contributed by atoms with E-state index in [1.807, 2.05) is 18.2 Å². The highest BCUT2D eigenvalue weighted by atomic mass is 35.5. The number of anilines is 1. The molecule has 0 unspecified atom stereocenters. The predicted molar refractivity (Wildman–Crippen MR) is 92.6 cm³/mol. The summed E-state index contributed by atoms with van der Waals surface area (Å²) in [6.45, 7) is 0.663. The molecule has 4 rings (SSSR count). The number of hydrogen-bond acceptors (Lipinski definition) is 8. The molecule has 0 fully saturated rings. The lowest BCUT2D eigenvalue weighted by Crippen LogP contribution is -2.11. The Morgan fingerprint density at radius 2 is 1.88 bits per heavy atom. The number of H-pyrrole nitrogens is 1. The van der Waals surface area contributed by atoms with E-state index in [1.54, 1.807) is 0 Å². The third-order valence-electron chi connectivity index (χ3n) is 3.57. The van der Waals surface area contributed by atoms with Gasteiger partial charge in [-0.2, -0.15) is 0 Å². The number of aromatic amines is 1. The SMILES string of the molecule is Nc1[nH]nc(OCCOc2ncc(Cl)cn2)c1-c1ccc2c(c1)OCO2. The first-order valence-corrected chi connectivity index (χ1v) is 8.05. The topological polar surface area (TPSA) is 117 Å². The van der Waals surface area contributed by atoms with Crippen LogP contribution in [0.15, 0.2) is 30.6 Å². The van der Waals surface area contributed by atoms with Gasteiger partial charge in [-0.25, -0.2) is 9.97 Å². The van der Waals surface area contributed by atoms with Gasteiger partial charge in [0.2, 0.25) is 12.7 Å². The van der Waals surface area contributed by atoms with Gasteiger partial charge in [0, 0.05) is 0 Å². The van der Waals surface area contributed by atoms with E-state index in [9.17, 15) is 0 Å². The molecule has 0 saturated heterocycles. The maximum atomic E-state index is 5.99. The molecule has 0 atom stereocenters. The third kappa shape index (κ3) is 3.29. The number of fused-ring (bicyclic) bond motifs is 1. The zero-order valence-electron chi connectivity index (χ0n) is 13.4. The molecule has 9 nitrogen and oxygen atoms in total. The first kappa shape index (κ1) is 16.3. The highest BCUT2D eigenvalue weighted by Gasteiger charge is 2.19. The second-order valence-corrected chi connectivity index (χ2v) is 5.70. The largest absolute Gasteiger partial charge is 0.472 e. The Labute approximate surface area is 153 Å². The molecule has 0 bridgehead atoms. The molecular formula is C16H14ClN5O4. The Bertz CT molecular complexity index is 916. The smallest absolute Gasteiger partial charge is 0.316 e. The van der Waals surface area contributed by atoms with Crippen molar-refractivity contribution in [3.63, 3.8) is 0 Å². The highest BCUT2D eigenvalue weighted by Crippen LogP contribution is 2.40. The van der Waals surface area contributed by atoms with Crippen LogP contribution in [0.25, 0.3) is 11.1 Å². The summed E-state index contributed by atoms with van der Waals surface area (Å²) in [5, 5.41) is 7.25. The number of nitrogens with one attached hydrogen (secondary N) is 1. The third-order valence-corrected chi connectivity index (χ3v) is 3.77. The number of hydrogen-bond donors (Lipinski definition) is 2. The molecule has 0 amide bonds. The van der Waals surface area contributed by atoms with Crippen molar-refractivity contribution in [1.29, 1.82) is 0 Å². The quantitative estimate of drug-likeness (QED) is 0.630. The number of halogens is 1.